The molecule has 0 radical (unpaired) electrons. The Kier molecular flexibility index (Phi) is 4.59. The third-order valence-electron chi connectivity index (χ3n) is 2.98. The Morgan fingerprint density at radius 1 is 1.35 bits per heavy atom. The summed E-state index contributed by atoms with van der Waals surface area (Å²) in [6, 6.07) is 4.10. The van der Waals surface area contributed by atoms with E-state index in [4.69, 9.17) is 28.3 Å². The van der Waals surface area contributed by atoms with Crippen LogP contribution < -0.4 is 0 Å². The quantitative estimate of drug-likeness (QED) is 0.865. The summed E-state index contributed by atoms with van der Waals surface area (Å²) < 4.78 is 26.0. The van der Waals surface area contributed by atoms with Crippen LogP contribution in [0.5, 0.6) is 0 Å². The number of nitrogens with zero attached hydrogens (tertiary/aromatic N) is 1. The number of hydrogen-bond acceptors (Lipinski definition) is 3. The predicted octanol–water partition coefficient (Wildman–Crippen LogP) is 2.48. The van der Waals surface area contributed by atoms with Crippen molar-refractivity contribution in [3.8, 4) is 0 Å². The van der Waals surface area contributed by atoms with Gasteiger partial charge in [-0.3, -0.25) is 4.79 Å². The number of carbonyl (C=O) groups is 1. The van der Waals surface area contributed by atoms with Gasteiger partial charge in [-0.05, 0) is 37.0 Å². The zero-order valence-corrected chi connectivity index (χ0v) is 12.7. The monoisotopic (exact) mass is 337 g/mol. The lowest BCUT2D eigenvalue weighted by molar-refractivity contribution is -0.137. The van der Waals surface area contributed by atoms with Crippen LogP contribution in [0.2, 0.25) is 10.0 Å². The maximum atomic E-state index is 12.5. The lowest BCUT2D eigenvalue weighted by Gasteiger charge is -2.20. The average molecular weight is 338 g/mol. The van der Waals surface area contributed by atoms with Gasteiger partial charge < -0.3 is 5.11 Å². The maximum Gasteiger partial charge on any atom is 0.318 e. The first-order valence-electron chi connectivity index (χ1n) is 5.97. The zero-order valence-electron chi connectivity index (χ0n) is 10.4. The van der Waals surface area contributed by atoms with E-state index in [0.717, 1.165) is 17.1 Å². The van der Waals surface area contributed by atoms with Gasteiger partial charge >= 0.3 is 5.97 Å². The number of rotatable bonds is 6. The van der Waals surface area contributed by atoms with Gasteiger partial charge in [-0.15, -0.1) is 0 Å². The van der Waals surface area contributed by atoms with E-state index in [1.165, 1.54) is 18.2 Å². The molecular formula is C12H13Cl2NO4S. The highest BCUT2D eigenvalue weighted by atomic mass is 35.5. The summed E-state index contributed by atoms with van der Waals surface area (Å²) in [5, 5.41) is 9.15. The van der Waals surface area contributed by atoms with Crippen LogP contribution in [-0.4, -0.2) is 36.9 Å². The normalized spacial score (nSPS) is 15.6. The molecule has 0 aliphatic heterocycles. The SMILES string of the molecule is O=C(O)CN(CC1CC1)S(=O)(=O)c1cc(Cl)ccc1Cl. The van der Waals surface area contributed by atoms with Gasteiger partial charge in [0.2, 0.25) is 10.0 Å². The molecule has 0 saturated heterocycles. The van der Waals surface area contributed by atoms with Crippen LogP contribution in [0.3, 0.4) is 0 Å². The number of sulfonamides is 1. The Morgan fingerprint density at radius 3 is 2.55 bits per heavy atom. The van der Waals surface area contributed by atoms with Gasteiger partial charge in [-0.25, -0.2) is 8.42 Å². The van der Waals surface area contributed by atoms with Gasteiger partial charge in [0, 0.05) is 11.6 Å². The van der Waals surface area contributed by atoms with Gasteiger partial charge in [0.05, 0.1) is 5.02 Å². The van der Waals surface area contributed by atoms with E-state index in [-0.39, 0.29) is 27.4 Å². The molecule has 0 bridgehead atoms. The van der Waals surface area contributed by atoms with E-state index in [9.17, 15) is 13.2 Å². The fraction of sp³-hybridized carbons (Fsp3) is 0.417. The molecule has 1 aromatic rings. The fourth-order valence-electron chi connectivity index (χ4n) is 1.80. The van der Waals surface area contributed by atoms with E-state index in [1.54, 1.807) is 0 Å². The van der Waals surface area contributed by atoms with Crippen molar-refractivity contribution in [1.82, 2.24) is 4.31 Å². The molecular weight excluding hydrogens is 325 g/mol. The second-order valence-electron chi connectivity index (χ2n) is 4.71. The molecule has 1 aromatic carbocycles. The molecule has 1 aliphatic carbocycles. The molecule has 0 atom stereocenters. The lowest BCUT2D eigenvalue weighted by Crippen LogP contribution is -2.37. The van der Waals surface area contributed by atoms with Crippen molar-refractivity contribution in [1.29, 1.82) is 0 Å². The summed E-state index contributed by atoms with van der Waals surface area (Å²) in [5.41, 5.74) is 0. The molecule has 2 rings (SSSR count). The van der Waals surface area contributed by atoms with E-state index in [2.05, 4.69) is 0 Å². The molecule has 0 unspecified atom stereocenters. The Hall–Kier alpha value is -0.820. The molecule has 1 fully saturated rings. The van der Waals surface area contributed by atoms with Gasteiger partial charge in [0.15, 0.2) is 0 Å². The summed E-state index contributed by atoms with van der Waals surface area (Å²) in [6.45, 7) is -0.390. The van der Waals surface area contributed by atoms with Crippen LogP contribution in [0.4, 0.5) is 0 Å². The van der Waals surface area contributed by atoms with Crippen molar-refractivity contribution >= 4 is 39.2 Å². The summed E-state index contributed by atoms with van der Waals surface area (Å²) in [6.07, 6.45) is 1.82. The number of carboxylic acids is 1. The molecule has 110 valence electrons. The molecule has 1 saturated carbocycles. The maximum absolute atomic E-state index is 12.5. The molecule has 0 spiro atoms. The van der Waals surface area contributed by atoms with E-state index < -0.39 is 22.5 Å². The predicted molar refractivity (Wildman–Crippen MR) is 75.6 cm³/mol. The third kappa shape index (κ3) is 3.63. The Labute approximate surface area is 127 Å². The first-order valence-corrected chi connectivity index (χ1v) is 8.17. The Bertz CT molecular complexity index is 628. The number of halogens is 2. The minimum absolute atomic E-state index is 0.0283. The smallest absolute Gasteiger partial charge is 0.318 e. The summed E-state index contributed by atoms with van der Waals surface area (Å²) in [5.74, 6) is -0.977. The van der Waals surface area contributed by atoms with E-state index >= 15 is 0 Å². The van der Waals surface area contributed by atoms with Gasteiger partial charge in [0.1, 0.15) is 11.4 Å². The van der Waals surface area contributed by atoms with E-state index in [1.807, 2.05) is 0 Å². The van der Waals surface area contributed by atoms with Gasteiger partial charge in [-0.2, -0.15) is 4.31 Å². The number of aliphatic carboxylic acids is 1. The van der Waals surface area contributed by atoms with Crippen molar-refractivity contribution in [2.45, 2.75) is 17.7 Å². The van der Waals surface area contributed by atoms with Crippen molar-refractivity contribution < 1.29 is 18.3 Å². The van der Waals surface area contributed by atoms with Crippen LogP contribution in [0.15, 0.2) is 23.1 Å². The largest absolute Gasteiger partial charge is 0.480 e. The number of hydrogen-bond donors (Lipinski definition) is 1. The van der Waals surface area contributed by atoms with Crippen LogP contribution >= 0.6 is 23.2 Å². The first kappa shape index (κ1) is 15.6. The molecule has 8 heteroatoms. The standard InChI is InChI=1S/C12H13Cl2NO4S/c13-9-3-4-10(14)11(5-9)20(18,19)15(7-12(16)17)6-8-1-2-8/h3-5,8H,1-2,6-7H2,(H,16,17). The minimum Gasteiger partial charge on any atom is -0.480 e. The minimum atomic E-state index is -3.97. The lowest BCUT2D eigenvalue weighted by atomic mass is 10.4. The van der Waals surface area contributed by atoms with Crippen LogP contribution in [0.1, 0.15) is 12.8 Å². The van der Waals surface area contributed by atoms with E-state index in [0.29, 0.717) is 0 Å². The second kappa shape index (κ2) is 5.89. The summed E-state index contributed by atoms with van der Waals surface area (Å²) in [7, 11) is -3.97. The van der Waals surface area contributed by atoms with Crippen LogP contribution in [0.25, 0.3) is 0 Å². The molecule has 0 aromatic heterocycles. The average Bonchev–Trinajstić information content (AvgIpc) is 3.14. The fourth-order valence-corrected chi connectivity index (χ4v) is 4.00. The molecule has 1 N–H and O–H groups in total. The molecule has 5 nitrogen and oxygen atoms in total. The second-order valence-corrected chi connectivity index (χ2v) is 7.46. The molecule has 0 amide bonds. The summed E-state index contributed by atoms with van der Waals surface area (Å²) >= 11 is 11.7. The number of carboxylic acid groups (broad SMARTS) is 1. The highest BCUT2D eigenvalue weighted by Crippen LogP contribution is 2.33. The van der Waals surface area contributed by atoms with Crippen molar-refractivity contribution in [2.24, 2.45) is 5.92 Å². The first-order chi connectivity index (χ1) is 9.30. The molecule has 1 aliphatic rings. The van der Waals surface area contributed by atoms with Crippen LogP contribution in [0, 0.1) is 5.92 Å². The molecule has 20 heavy (non-hydrogen) atoms. The zero-order chi connectivity index (χ0) is 14.9. The highest BCUT2D eigenvalue weighted by molar-refractivity contribution is 7.89. The molecule has 0 heterocycles. The Balaban J connectivity index is 2.37. The number of benzene rings is 1. The van der Waals surface area contributed by atoms with Crippen molar-refractivity contribution in [3.63, 3.8) is 0 Å². The van der Waals surface area contributed by atoms with Gasteiger partial charge in [0.25, 0.3) is 0 Å². The van der Waals surface area contributed by atoms with Crippen molar-refractivity contribution in [2.75, 3.05) is 13.1 Å². The highest BCUT2D eigenvalue weighted by Gasteiger charge is 2.34. The topological polar surface area (TPSA) is 74.7 Å². The van der Waals surface area contributed by atoms with Crippen molar-refractivity contribution in [3.05, 3.63) is 28.2 Å². The van der Waals surface area contributed by atoms with Gasteiger partial charge in [-0.1, -0.05) is 23.2 Å². The summed E-state index contributed by atoms with van der Waals surface area (Å²) in [4.78, 5) is 10.7. The van der Waals surface area contributed by atoms with Crippen LogP contribution in [-0.2, 0) is 14.8 Å². The third-order valence-corrected chi connectivity index (χ3v) is 5.51. The Morgan fingerprint density at radius 2 is 2.00 bits per heavy atom.